The van der Waals surface area contributed by atoms with Crippen LogP contribution in [-0.2, 0) is 4.74 Å². The minimum atomic E-state index is 0. The fourth-order valence-electron chi connectivity index (χ4n) is 3.49. The normalized spacial score (nSPS) is 22.2. The number of rotatable bonds is 6. The summed E-state index contributed by atoms with van der Waals surface area (Å²) < 4.78 is 5.33. The van der Waals surface area contributed by atoms with Gasteiger partial charge in [0, 0.05) is 30.4 Å². The van der Waals surface area contributed by atoms with Gasteiger partial charge in [-0.25, -0.2) is 0 Å². The zero-order chi connectivity index (χ0) is 17.7. The fraction of sp³-hybridized carbons (Fsp3) is 0.737. The molecule has 5 nitrogen and oxygen atoms in total. The Morgan fingerprint density at radius 2 is 2.12 bits per heavy atom. The number of nitrogens with one attached hydrogen (secondary N) is 2. The van der Waals surface area contributed by atoms with E-state index in [-0.39, 0.29) is 29.4 Å². The van der Waals surface area contributed by atoms with Crippen LogP contribution in [0.2, 0.25) is 0 Å². The SMILES string of the molecule is CN=C(NCC(c1cccs1)N1CCC(C)CC1)NCC1(C)COC1.I. The Labute approximate surface area is 179 Å². The Hall–Kier alpha value is -0.380. The van der Waals surface area contributed by atoms with Gasteiger partial charge < -0.3 is 15.4 Å². The maximum Gasteiger partial charge on any atom is 0.191 e. The molecule has 1 atom stereocenters. The van der Waals surface area contributed by atoms with Crippen LogP contribution in [0, 0.1) is 11.3 Å². The van der Waals surface area contributed by atoms with Gasteiger partial charge in [-0.05, 0) is 43.3 Å². The minimum Gasteiger partial charge on any atom is -0.380 e. The van der Waals surface area contributed by atoms with E-state index in [2.05, 4.69) is 51.9 Å². The van der Waals surface area contributed by atoms with E-state index in [1.54, 1.807) is 0 Å². The number of thiophene rings is 1. The molecule has 0 bridgehead atoms. The van der Waals surface area contributed by atoms with Crippen LogP contribution in [-0.4, -0.2) is 57.3 Å². The molecule has 0 saturated carbocycles. The molecular formula is C19H33IN4OS. The highest BCUT2D eigenvalue weighted by molar-refractivity contribution is 14.0. The van der Waals surface area contributed by atoms with Gasteiger partial charge in [0.25, 0.3) is 0 Å². The molecule has 1 aromatic heterocycles. The second kappa shape index (κ2) is 10.2. The van der Waals surface area contributed by atoms with E-state index >= 15 is 0 Å². The highest BCUT2D eigenvalue weighted by Crippen LogP contribution is 2.29. The summed E-state index contributed by atoms with van der Waals surface area (Å²) in [5.74, 6) is 1.74. The van der Waals surface area contributed by atoms with Crippen molar-refractivity contribution in [2.45, 2.75) is 32.7 Å². The predicted octanol–water partition coefficient (Wildman–Crippen LogP) is 3.34. The Kier molecular flexibility index (Phi) is 8.63. The Morgan fingerprint density at radius 1 is 1.38 bits per heavy atom. The zero-order valence-electron chi connectivity index (χ0n) is 16.2. The molecule has 148 valence electrons. The van der Waals surface area contributed by atoms with Crippen molar-refractivity contribution in [3.8, 4) is 0 Å². The van der Waals surface area contributed by atoms with E-state index in [1.165, 1.54) is 30.8 Å². The maximum atomic E-state index is 5.33. The average molecular weight is 492 g/mol. The zero-order valence-corrected chi connectivity index (χ0v) is 19.3. The second-order valence-electron chi connectivity index (χ2n) is 7.86. The quantitative estimate of drug-likeness (QED) is 0.364. The third-order valence-electron chi connectivity index (χ3n) is 5.40. The molecule has 2 aliphatic heterocycles. The number of aliphatic imine (C=N–C) groups is 1. The maximum absolute atomic E-state index is 5.33. The van der Waals surface area contributed by atoms with Crippen molar-refractivity contribution >= 4 is 41.3 Å². The molecule has 3 heterocycles. The van der Waals surface area contributed by atoms with Crippen LogP contribution in [0.15, 0.2) is 22.5 Å². The fourth-order valence-corrected chi connectivity index (χ4v) is 4.36. The lowest BCUT2D eigenvalue weighted by Crippen LogP contribution is -2.52. The minimum absolute atomic E-state index is 0. The number of nitrogens with zero attached hydrogens (tertiary/aromatic N) is 2. The van der Waals surface area contributed by atoms with Crippen LogP contribution >= 0.6 is 35.3 Å². The molecule has 2 saturated heterocycles. The van der Waals surface area contributed by atoms with E-state index in [4.69, 9.17) is 4.74 Å². The van der Waals surface area contributed by atoms with Crippen LogP contribution in [0.25, 0.3) is 0 Å². The highest BCUT2D eigenvalue weighted by Gasteiger charge is 2.33. The molecule has 3 rings (SSSR count). The van der Waals surface area contributed by atoms with Crippen molar-refractivity contribution in [3.63, 3.8) is 0 Å². The van der Waals surface area contributed by atoms with Gasteiger partial charge in [-0.2, -0.15) is 0 Å². The van der Waals surface area contributed by atoms with Crippen molar-refractivity contribution in [1.82, 2.24) is 15.5 Å². The van der Waals surface area contributed by atoms with Crippen molar-refractivity contribution in [2.24, 2.45) is 16.3 Å². The lowest BCUT2D eigenvalue weighted by molar-refractivity contribution is -0.0971. The Balaban J connectivity index is 0.00000243. The first-order chi connectivity index (χ1) is 12.1. The van der Waals surface area contributed by atoms with E-state index < -0.39 is 0 Å². The molecule has 1 aromatic rings. The number of guanidine groups is 1. The van der Waals surface area contributed by atoms with E-state index in [9.17, 15) is 0 Å². The summed E-state index contributed by atoms with van der Waals surface area (Å²) in [6, 6.07) is 4.84. The molecule has 7 heteroatoms. The molecule has 26 heavy (non-hydrogen) atoms. The van der Waals surface area contributed by atoms with Crippen molar-refractivity contribution in [1.29, 1.82) is 0 Å². The Morgan fingerprint density at radius 3 is 2.65 bits per heavy atom. The van der Waals surface area contributed by atoms with Crippen LogP contribution in [0.3, 0.4) is 0 Å². The van der Waals surface area contributed by atoms with Gasteiger partial charge in [-0.1, -0.05) is 19.9 Å². The lowest BCUT2D eigenvalue weighted by Gasteiger charge is -2.39. The molecule has 0 aromatic carbocycles. The number of piperidine rings is 1. The number of likely N-dealkylation sites (tertiary alicyclic amines) is 1. The van der Waals surface area contributed by atoms with E-state index in [0.717, 1.165) is 38.2 Å². The first-order valence-electron chi connectivity index (χ1n) is 9.39. The van der Waals surface area contributed by atoms with Gasteiger partial charge in [0.1, 0.15) is 0 Å². The monoisotopic (exact) mass is 492 g/mol. The average Bonchev–Trinajstić information content (AvgIpc) is 3.12. The largest absolute Gasteiger partial charge is 0.380 e. The topological polar surface area (TPSA) is 48.9 Å². The molecule has 0 spiro atoms. The molecule has 2 fully saturated rings. The molecule has 0 aliphatic carbocycles. The molecule has 2 N–H and O–H groups in total. The first-order valence-corrected chi connectivity index (χ1v) is 10.3. The summed E-state index contributed by atoms with van der Waals surface area (Å²) in [5, 5.41) is 9.20. The number of hydrogen-bond acceptors (Lipinski definition) is 4. The number of halogens is 1. The van der Waals surface area contributed by atoms with Gasteiger partial charge in [-0.3, -0.25) is 9.89 Å². The van der Waals surface area contributed by atoms with Crippen molar-refractivity contribution in [2.75, 3.05) is 46.4 Å². The third kappa shape index (κ3) is 5.81. The lowest BCUT2D eigenvalue weighted by atomic mass is 9.89. The van der Waals surface area contributed by atoms with Crippen LogP contribution in [0.1, 0.15) is 37.6 Å². The molecular weight excluding hydrogens is 459 g/mol. The highest BCUT2D eigenvalue weighted by atomic mass is 127. The van der Waals surface area contributed by atoms with Crippen molar-refractivity contribution < 1.29 is 4.74 Å². The predicted molar refractivity (Wildman–Crippen MR) is 121 cm³/mol. The first kappa shape index (κ1) is 21.9. The molecule has 1 unspecified atom stereocenters. The van der Waals surface area contributed by atoms with Crippen LogP contribution < -0.4 is 10.6 Å². The molecule has 0 amide bonds. The summed E-state index contributed by atoms with van der Waals surface area (Å²) in [4.78, 5) is 8.47. The Bertz CT molecular complexity index is 554. The summed E-state index contributed by atoms with van der Waals surface area (Å²) in [7, 11) is 1.84. The smallest absolute Gasteiger partial charge is 0.191 e. The van der Waals surface area contributed by atoms with Gasteiger partial charge in [0.15, 0.2) is 5.96 Å². The summed E-state index contributed by atoms with van der Waals surface area (Å²) in [5.41, 5.74) is 0.244. The summed E-state index contributed by atoms with van der Waals surface area (Å²) in [6.07, 6.45) is 2.60. The van der Waals surface area contributed by atoms with E-state index in [0.29, 0.717) is 6.04 Å². The van der Waals surface area contributed by atoms with Gasteiger partial charge in [0.05, 0.1) is 19.3 Å². The van der Waals surface area contributed by atoms with Crippen molar-refractivity contribution in [3.05, 3.63) is 22.4 Å². The number of hydrogen-bond donors (Lipinski definition) is 2. The second-order valence-corrected chi connectivity index (χ2v) is 8.84. The van der Waals surface area contributed by atoms with Gasteiger partial charge in [-0.15, -0.1) is 35.3 Å². The van der Waals surface area contributed by atoms with E-state index in [1.807, 2.05) is 18.4 Å². The standard InChI is InChI=1S/C19H32N4OS.HI/c1-15-6-8-23(9-7-15)16(17-5-4-10-25-17)11-21-18(20-3)22-12-19(2)13-24-14-19;/h4-5,10,15-16H,6-9,11-14H2,1-3H3,(H2,20,21,22);1H. The third-order valence-corrected chi connectivity index (χ3v) is 6.37. The van der Waals surface area contributed by atoms with Gasteiger partial charge >= 0.3 is 0 Å². The molecule has 2 aliphatic rings. The van der Waals surface area contributed by atoms with Gasteiger partial charge in [0.2, 0.25) is 0 Å². The molecule has 0 radical (unpaired) electrons. The number of ether oxygens (including phenoxy) is 1. The van der Waals surface area contributed by atoms with Crippen LogP contribution in [0.4, 0.5) is 0 Å². The summed E-state index contributed by atoms with van der Waals surface area (Å²) in [6.45, 7) is 10.5. The summed E-state index contributed by atoms with van der Waals surface area (Å²) >= 11 is 1.86. The van der Waals surface area contributed by atoms with Crippen LogP contribution in [0.5, 0.6) is 0 Å².